The van der Waals surface area contributed by atoms with Gasteiger partial charge in [-0.2, -0.15) is 0 Å². The fourth-order valence-corrected chi connectivity index (χ4v) is 4.88. The van der Waals surface area contributed by atoms with Crippen molar-refractivity contribution < 1.29 is 9.53 Å². The van der Waals surface area contributed by atoms with Crippen LogP contribution in [0.4, 0.5) is 0 Å². The molecule has 2 aromatic rings. The van der Waals surface area contributed by atoms with Gasteiger partial charge in [-0.15, -0.1) is 0 Å². The van der Waals surface area contributed by atoms with E-state index in [9.17, 15) is 4.79 Å². The molecule has 1 aromatic carbocycles. The average molecular weight is 423 g/mol. The third-order valence-corrected chi connectivity index (χ3v) is 6.64. The first-order valence-corrected chi connectivity index (χ1v) is 11.6. The van der Waals surface area contributed by atoms with Crippen LogP contribution < -0.4 is 4.74 Å². The minimum absolute atomic E-state index is 0.0400. The van der Waals surface area contributed by atoms with E-state index in [0.717, 1.165) is 56.0 Å². The van der Waals surface area contributed by atoms with E-state index in [-0.39, 0.29) is 5.91 Å². The van der Waals surface area contributed by atoms with Crippen molar-refractivity contribution in [1.82, 2.24) is 19.8 Å². The molecule has 2 aliphatic rings. The van der Waals surface area contributed by atoms with E-state index in [0.29, 0.717) is 24.8 Å². The molecule has 0 saturated carbocycles. The van der Waals surface area contributed by atoms with E-state index < -0.39 is 0 Å². The van der Waals surface area contributed by atoms with Gasteiger partial charge in [0.25, 0.3) is 5.91 Å². The van der Waals surface area contributed by atoms with Gasteiger partial charge in [0.15, 0.2) is 0 Å². The second kappa shape index (κ2) is 10.2. The summed E-state index contributed by atoms with van der Waals surface area (Å²) in [7, 11) is 0. The summed E-state index contributed by atoms with van der Waals surface area (Å²) in [5.41, 5.74) is 3.50. The van der Waals surface area contributed by atoms with Gasteiger partial charge in [0.2, 0.25) is 0 Å². The van der Waals surface area contributed by atoms with Gasteiger partial charge >= 0.3 is 0 Å². The molecule has 31 heavy (non-hydrogen) atoms. The van der Waals surface area contributed by atoms with Crippen molar-refractivity contribution in [3.05, 3.63) is 53.1 Å². The van der Waals surface area contributed by atoms with Gasteiger partial charge in [0.1, 0.15) is 12.1 Å². The van der Waals surface area contributed by atoms with Crippen LogP contribution >= 0.6 is 0 Å². The van der Waals surface area contributed by atoms with Gasteiger partial charge in [0, 0.05) is 25.7 Å². The Morgan fingerprint density at radius 2 is 1.84 bits per heavy atom. The fraction of sp³-hybridized carbons (Fsp3) is 0.560. The summed E-state index contributed by atoms with van der Waals surface area (Å²) in [6, 6.07) is 9.08. The quantitative estimate of drug-likeness (QED) is 0.700. The molecule has 1 atom stereocenters. The van der Waals surface area contributed by atoms with Crippen LogP contribution in [0.25, 0.3) is 0 Å². The number of hydrogen-bond donors (Lipinski definition) is 0. The largest absolute Gasteiger partial charge is 0.494 e. The molecule has 0 N–H and O–H groups in total. The Hall–Kier alpha value is -2.47. The van der Waals surface area contributed by atoms with Crippen molar-refractivity contribution >= 4 is 5.91 Å². The lowest BCUT2D eigenvalue weighted by Crippen LogP contribution is -2.46. The number of amides is 1. The molecule has 2 bridgehead atoms. The minimum atomic E-state index is 0.0400. The number of rotatable bonds is 1. The fourth-order valence-electron chi connectivity index (χ4n) is 4.88. The van der Waals surface area contributed by atoms with Gasteiger partial charge in [-0.25, -0.2) is 9.97 Å². The predicted molar refractivity (Wildman–Crippen MR) is 121 cm³/mol. The van der Waals surface area contributed by atoms with Crippen LogP contribution in [0.15, 0.2) is 30.6 Å². The maximum absolute atomic E-state index is 13.5. The Morgan fingerprint density at radius 3 is 2.68 bits per heavy atom. The number of aryl methyl sites for hydroxylation is 3. The summed E-state index contributed by atoms with van der Waals surface area (Å²) in [6.07, 6.45) is 8.35. The van der Waals surface area contributed by atoms with Gasteiger partial charge in [-0.1, -0.05) is 18.6 Å². The number of carbonyl (C=O) groups excluding carboxylic acids is 1. The van der Waals surface area contributed by atoms with E-state index in [1.165, 1.54) is 31.2 Å². The van der Waals surface area contributed by atoms with Crippen molar-refractivity contribution in [2.75, 3.05) is 32.8 Å². The smallest absolute Gasteiger partial charge is 0.257 e. The molecule has 0 spiro atoms. The Labute approximate surface area is 185 Å². The molecule has 1 fully saturated rings. The van der Waals surface area contributed by atoms with Crippen LogP contribution in [-0.2, 0) is 6.42 Å². The van der Waals surface area contributed by atoms with Gasteiger partial charge in [-0.05, 0) is 70.2 Å². The highest BCUT2D eigenvalue weighted by Crippen LogP contribution is 2.23. The van der Waals surface area contributed by atoms with E-state index in [1.807, 2.05) is 24.8 Å². The van der Waals surface area contributed by atoms with E-state index >= 15 is 0 Å². The number of carbonyl (C=O) groups is 1. The summed E-state index contributed by atoms with van der Waals surface area (Å²) in [5, 5.41) is 0. The zero-order valence-corrected chi connectivity index (χ0v) is 18.8. The molecule has 1 unspecified atom stereocenters. The van der Waals surface area contributed by atoms with E-state index in [2.05, 4.69) is 33.1 Å². The zero-order chi connectivity index (χ0) is 21.6. The van der Waals surface area contributed by atoms with Crippen molar-refractivity contribution in [2.45, 2.75) is 58.4 Å². The zero-order valence-electron chi connectivity index (χ0n) is 18.8. The number of ether oxygens (including phenoxy) is 1. The number of piperidine rings is 1. The summed E-state index contributed by atoms with van der Waals surface area (Å²) in [6.45, 7) is 7.83. The molecule has 1 saturated heterocycles. The van der Waals surface area contributed by atoms with Crippen molar-refractivity contribution in [2.24, 2.45) is 0 Å². The molecule has 0 aliphatic carbocycles. The molecular formula is C25H34N4O2. The van der Waals surface area contributed by atoms with E-state index in [1.54, 1.807) is 0 Å². The van der Waals surface area contributed by atoms with Crippen LogP contribution in [0.2, 0.25) is 0 Å². The number of aromatic nitrogens is 2. The SMILES string of the molecule is Cc1ncnc(C)c1C(=O)N1CCCOc2cccc(c2)CCC2CCCCN2CC1. The Kier molecular flexibility index (Phi) is 7.17. The highest BCUT2D eigenvalue weighted by Gasteiger charge is 2.25. The first kappa shape index (κ1) is 21.8. The number of fused-ring (bicyclic) bond motifs is 3. The molecule has 2 aliphatic heterocycles. The van der Waals surface area contributed by atoms with Crippen molar-refractivity contribution in [3.63, 3.8) is 0 Å². The molecule has 6 heteroatoms. The Bertz CT molecular complexity index is 881. The number of hydrogen-bond acceptors (Lipinski definition) is 5. The molecular weight excluding hydrogens is 388 g/mol. The summed E-state index contributed by atoms with van der Waals surface area (Å²) in [4.78, 5) is 26.6. The van der Waals surface area contributed by atoms with Crippen LogP contribution in [0.3, 0.4) is 0 Å². The molecule has 1 amide bonds. The van der Waals surface area contributed by atoms with Crippen LogP contribution in [0.5, 0.6) is 5.75 Å². The molecule has 1 aromatic heterocycles. The first-order chi connectivity index (χ1) is 15.1. The van der Waals surface area contributed by atoms with Crippen molar-refractivity contribution in [3.8, 4) is 5.75 Å². The molecule has 0 radical (unpaired) electrons. The monoisotopic (exact) mass is 422 g/mol. The maximum Gasteiger partial charge on any atom is 0.257 e. The standard InChI is InChI=1S/C25H34N4O2/c1-19-24(20(2)27-18-26-19)25(30)29-13-6-16-31-23-9-5-7-21(17-23)10-11-22-8-3-4-12-28(22)14-15-29/h5,7,9,17-18,22H,3-4,6,8,10-16H2,1-2H3. The van der Waals surface area contributed by atoms with Crippen LogP contribution in [0.1, 0.15) is 59.4 Å². The predicted octanol–water partition coefficient (Wildman–Crippen LogP) is 3.81. The number of nitrogens with zero attached hydrogens (tertiary/aromatic N) is 4. The Balaban J connectivity index is 1.55. The second-order valence-corrected chi connectivity index (χ2v) is 8.79. The minimum Gasteiger partial charge on any atom is -0.494 e. The highest BCUT2D eigenvalue weighted by atomic mass is 16.5. The first-order valence-electron chi connectivity index (χ1n) is 11.6. The second-order valence-electron chi connectivity index (χ2n) is 8.79. The lowest BCUT2D eigenvalue weighted by Gasteiger charge is -2.37. The van der Waals surface area contributed by atoms with E-state index in [4.69, 9.17) is 4.74 Å². The summed E-state index contributed by atoms with van der Waals surface area (Å²) < 4.78 is 6.01. The molecule has 166 valence electrons. The lowest BCUT2D eigenvalue weighted by atomic mass is 9.95. The average Bonchev–Trinajstić information content (AvgIpc) is 2.77. The normalized spacial score (nSPS) is 21.0. The van der Waals surface area contributed by atoms with Crippen molar-refractivity contribution in [1.29, 1.82) is 0 Å². The molecule has 4 rings (SSSR count). The summed E-state index contributed by atoms with van der Waals surface area (Å²) in [5.74, 6) is 0.967. The third kappa shape index (κ3) is 5.42. The third-order valence-electron chi connectivity index (χ3n) is 6.64. The molecule has 3 heterocycles. The Morgan fingerprint density at radius 1 is 1.00 bits per heavy atom. The van der Waals surface area contributed by atoms with Gasteiger partial charge in [-0.3, -0.25) is 9.69 Å². The maximum atomic E-state index is 13.5. The molecule has 6 nitrogen and oxygen atoms in total. The van der Waals surface area contributed by atoms with Gasteiger partial charge < -0.3 is 9.64 Å². The number of benzene rings is 1. The lowest BCUT2D eigenvalue weighted by molar-refractivity contribution is 0.0680. The van der Waals surface area contributed by atoms with Gasteiger partial charge in [0.05, 0.1) is 23.6 Å². The summed E-state index contributed by atoms with van der Waals surface area (Å²) >= 11 is 0. The highest BCUT2D eigenvalue weighted by molar-refractivity contribution is 5.96. The van der Waals surface area contributed by atoms with Crippen LogP contribution in [-0.4, -0.2) is 64.5 Å². The topological polar surface area (TPSA) is 58.6 Å². The van der Waals surface area contributed by atoms with Crippen LogP contribution in [0, 0.1) is 13.8 Å².